The lowest BCUT2D eigenvalue weighted by molar-refractivity contribution is 0.0508. The fraction of sp³-hybridized carbons (Fsp3) is 0.300. The van der Waals surface area contributed by atoms with E-state index in [-0.39, 0.29) is 11.8 Å². The molecule has 0 spiro atoms. The minimum atomic E-state index is -0.547. The average Bonchev–Trinajstić information content (AvgIpc) is 2.53. The molecule has 4 nitrogen and oxygen atoms in total. The molecule has 2 aromatic carbocycles. The van der Waals surface area contributed by atoms with Crippen molar-refractivity contribution in [2.45, 2.75) is 39.3 Å². The summed E-state index contributed by atoms with van der Waals surface area (Å²) < 4.78 is 5.26. The van der Waals surface area contributed by atoms with Gasteiger partial charge in [-0.2, -0.15) is 0 Å². The van der Waals surface area contributed by atoms with Crippen LogP contribution in [0.25, 0.3) is 0 Å². The Kier molecular flexibility index (Phi) is 5.39. The molecule has 0 saturated carbocycles. The first-order valence-corrected chi connectivity index (χ1v) is 7.95. The Bertz CT molecular complexity index is 717. The lowest BCUT2D eigenvalue weighted by atomic mass is 9.99. The number of nitrogens with one attached hydrogen (secondary N) is 1. The number of ether oxygens (including phenoxy) is 1. The first-order valence-electron chi connectivity index (χ1n) is 7.95. The maximum Gasteiger partial charge on any atom is 0.408 e. The third-order valence-electron chi connectivity index (χ3n) is 3.42. The van der Waals surface area contributed by atoms with Gasteiger partial charge in [0.05, 0.1) is 6.04 Å². The third-order valence-corrected chi connectivity index (χ3v) is 3.42. The van der Waals surface area contributed by atoms with Crippen molar-refractivity contribution >= 4 is 11.9 Å². The Morgan fingerprint density at radius 2 is 1.58 bits per heavy atom. The quantitative estimate of drug-likeness (QED) is 0.842. The third kappa shape index (κ3) is 4.95. The fourth-order valence-corrected chi connectivity index (χ4v) is 2.27. The lowest BCUT2D eigenvalue weighted by Gasteiger charge is -2.22. The molecule has 1 atom stereocenters. The normalized spacial score (nSPS) is 12.3. The number of carbonyl (C=O) groups excluding carboxylic acids is 2. The number of ketones is 1. The van der Waals surface area contributed by atoms with Gasteiger partial charge in [-0.05, 0) is 39.3 Å². The molecular weight excluding hydrogens is 302 g/mol. The zero-order chi connectivity index (χ0) is 17.7. The zero-order valence-corrected chi connectivity index (χ0v) is 14.5. The Balaban J connectivity index is 2.12. The number of hydrogen-bond donors (Lipinski definition) is 1. The van der Waals surface area contributed by atoms with Gasteiger partial charge in [-0.3, -0.25) is 4.79 Å². The molecule has 126 valence electrons. The molecule has 2 rings (SSSR count). The van der Waals surface area contributed by atoms with Crippen LogP contribution in [0.1, 0.15) is 55.2 Å². The van der Waals surface area contributed by atoms with Crippen LogP contribution in [-0.2, 0) is 4.74 Å². The molecule has 0 bridgehead atoms. The molecular formula is C20H23NO3. The van der Waals surface area contributed by atoms with Gasteiger partial charge in [0, 0.05) is 11.1 Å². The first-order chi connectivity index (χ1) is 11.3. The van der Waals surface area contributed by atoms with E-state index in [2.05, 4.69) is 5.32 Å². The van der Waals surface area contributed by atoms with E-state index in [0.717, 1.165) is 5.56 Å². The lowest BCUT2D eigenvalue weighted by Crippen LogP contribution is -2.34. The predicted octanol–water partition coefficient (Wildman–Crippen LogP) is 4.50. The summed E-state index contributed by atoms with van der Waals surface area (Å²) in [5.74, 6) is -0.0399. The largest absolute Gasteiger partial charge is 0.444 e. The van der Waals surface area contributed by atoms with Crippen LogP contribution in [0.15, 0.2) is 54.6 Å². The molecule has 0 aromatic heterocycles. The van der Waals surface area contributed by atoms with Crippen molar-refractivity contribution in [3.05, 3.63) is 71.3 Å². The summed E-state index contributed by atoms with van der Waals surface area (Å²) in [4.78, 5) is 24.4. The molecule has 0 saturated heterocycles. The highest BCUT2D eigenvalue weighted by atomic mass is 16.6. The standard InChI is InChI=1S/C20H23NO3/c1-14(21-19(23)24-20(2,3)4)16-11-8-12-17(13-16)18(22)15-9-6-5-7-10-15/h5-14H,1-4H3,(H,21,23)/t14-/m1/s1. The fourth-order valence-electron chi connectivity index (χ4n) is 2.27. The van der Waals surface area contributed by atoms with Gasteiger partial charge < -0.3 is 10.1 Å². The van der Waals surface area contributed by atoms with Gasteiger partial charge in [0.25, 0.3) is 0 Å². The van der Waals surface area contributed by atoms with E-state index in [1.54, 1.807) is 24.3 Å². The minimum absolute atomic E-state index is 0.0399. The van der Waals surface area contributed by atoms with E-state index < -0.39 is 11.7 Å². The Morgan fingerprint density at radius 1 is 0.958 bits per heavy atom. The number of carbonyl (C=O) groups is 2. The molecule has 0 aliphatic rings. The smallest absolute Gasteiger partial charge is 0.408 e. The van der Waals surface area contributed by atoms with Gasteiger partial charge >= 0.3 is 6.09 Å². The molecule has 2 aromatic rings. The van der Waals surface area contributed by atoms with Gasteiger partial charge in [0.1, 0.15) is 5.60 Å². The van der Waals surface area contributed by atoms with Crippen LogP contribution in [-0.4, -0.2) is 17.5 Å². The maximum absolute atomic E-state index is 12.5. The van der Waals surface area contributed by atoms with E-state index in [1.165, 1.54) is 0 Å². The van der Waals surface area contributed by atoms with E-state index in [1.807, 2.05) is 58.0 Å². The molecule has 0 radical (unpaired) electrons. The summed E-state index contributed by atoms with van der Waals surface area (Å²) in [6.45, 7) is 7.30. The molecule has 24 heavy (non-hydrogen) atoms. The van der Waals surface area contributed by atoms with Gasteiger partial charge in [-0.25, -0.2) is 4.79 Å². The number of rotatable bonds is 4. The zero-order valence-electron chi connectivity index (χ0n) is 14.5. The summed E-state index contributed by atoms with van der Waals surface area (Å²) in [6.07, 6.45) is -0.477. The van der Waals surface area contributed by atoms with Crippen molar-refractivity contribution in [3.63, 3.8) is 0 Å². The van der Waals surface area contributed by atoms with Crippen LogP contribution in [0.5, 0.6) is 0 Å². The van der Waals surface area contributed by atoms with Crippen LogP contribution < -0.4 is 5.32 Å². The second kappa shape index (κ2) is 7.30. The van der Waals surface area contributed by atoms with Gasteiger partial charge in [-0.1, -0.05) is 48.5 Å². The topological polar surface area (TPSA) is 55.4 Å². The van der Waals surface area contributed by atoms with Crippen molar-refractivity contribution in [2.75, 3.05) is 0 Å². The van der Waals surface area contributed by atoms with Crippen molar-refractivity contribution < 1.29 is 14.3 Å². The molecule has 4 heteroatoms. The Hall–Kier alpha value is -2.62. The van der Waals surface area contributed by atoms with Gasteiger partial charge in [0.15, 0.2) is 5.78 Å². The van der Waals surface area contributed by atoms with E-state index in [9.17, 15) is 9.59 Å². The minimum Gasteiger partial charge on any atom is -0.444 e. The first kappa shape index (κ1) is 17.7. The van der Waals surface area contributed by atoms with Crippen LogP contribution in [0.3, 0.4) is 0 Å². The Labute approximate surface area is 142 Å². The number of amides is 1. The highest BCUT2D eigenvalue weighted by Gasteiger charge is 2.19. The molecule has 0 aliphatic heterocycles. The predicted molar refractivity (Wildman–Crippen MR) is 94.1 cm³/mol. The molecule has 0 heterocycles. The molecule has 0 unspecified atom stereocenters. The van der Waals surface area contributed by atoms with Gasteiger partial charge in [-0.15, -0.1) is 0 Å². The molecule has 0 aliphatic carbocycles. The monoisotopic (exact) mass is 325 g/mol. The van der Waals surface area contributed by atoms with Crippen molar-refractivity contribution in [3.8, 4) is 0 Å². The summed E-state index contributed by atoms with van der Waals surface area (Å²) in [6, 6.07) is 16.1. The van der Waals surface area contributed by atoms with Crippen molar-refractivity contribution in [1.29, 1.82) is 0 Å². The molecule has 1 amide bonds. The number of benzene rings is 2. The second-order valence-electron chi connectivity index (χ2n) is 6.69. The van der Waals surface area contributed by atoms with Crippen molar-refractivity contribution in [1.82, 2.24) is 5.32 Å². The van der Waals surface area contributed by atoms with Crippen LogP contribution >= 0.6 is 0 Å². The summed E-state index contributed by atoms with van der Waals surface area (Å²) in [7, 11) is 0. The highest BCUT2D eigenvalue weighted by Crippen LogP contribution is 2.18. The SMILES string of the molecule is C[C@@H](NC(=O)OC(C)(C)C)c1cccc(C(=O)c2ccccc2)c1. The van der Waals surface area contributed by atoms with Crippen LogP contribution in [0.2, 0.25) is 0 Å². The van der Waals surface area contributed by atoms with Gasteiger partial charge in [0.2, 0.25) is 0 Å². The summed E-state index contributed by atoms with van der Waals surface area (Å²) >= 11 is 0. The van der Waals surface area contributed by atoms with Crippen LogP contribution in [0.4, 0.5) is 4.79 Å². The maximum atomic E-state index is 12.5. The molecule has 0 fully saturated rings. The van der Waals surface area contributed by atoms with E-state index in [4.69, 9.17) is 4.74 Å². The highest BCUT2D eigenvalue weighted by molar-refractivity contribution is 6.09. The average molecular weight is 325 g/mol. The van der Waals surface area contributed by atoms with E-state index >= 15 is 0 Å². The second-order valence-corrected chi connectivity index (χ2v) is 6.69. The number of alkyl carbamates (subject to hydrolysis) is 1. The summed E-state index contributed by atoms with van der Waals surface area (Å²) in [5, 5.41) is 2.79. The Morgan fingerprint density at radius 3 is 2.21 bits per heavy atom. The van der Waals surface area contributed by atoms with Crippen LogP contribution in [0, 0.1) is 0 Å². The summed E-state index contributed by atoms with van der Waals surface area (Å²) in [5.41, 5.74) is 1.54. The van der Waals surface area contributed by atoms with Crippen molar-refractivity contribution in [2.24, 2.45) is 0 Å². The molecule has 1 N–H and O–H groups in total. The number of hydrogen-bond acceptors (Lipinski definition) is 3. The van der Waals surface area contributed by atoms with E-state index in [0.29, 0.717) is 11.1 Å².